The molecule has 1 aromatic rings. The Hall–Kier alpha value is -1.34. The van der Waals surface area contributed by atoms with Gasteiger partial charge in [-0.2, -0.15) is 0 Å². The van der Waals surface area contributed by atoms with E-state index in [1.54, 1.807) is 0 Å². The van der Waals surface area contributed by atoms with E-state index in [-0.39, 0.29) is 5.75 Å². The highest BCUT2D eigenvalue weighted by atomic mass is 35.7. The average Bonchev–Trinajstić information content (AvgIpc) is 2.12. The van der Waals surface area contributed by atoms with Gasteiger partial charge < -0.3 is 9.84 Å². The fraction of sp³-hybridized carbons (Fsp3) is 0.125. The van der Waals surface area contributed by atoms with Crippen molar-refractivity contribution < 1.29 is 27.4 Å². The van der Waals surface area contributed by atoms with Crippen molar-refractivity contribution in [3.8, 4) is 5.75 Å². The first-order chi connectivity index (χ1) is 7.30. The van der Waals surface area contributed by atoms with E-state index in [9.17, 15) is 17.6 Å². The highest BCUT2D eigenvalue weighted by molar-refractivity contribution is 8.13. The predicted molar refractivity (Wildman–Crippen MR) is 52.6 cm³/mol. The molecule has 0 amide bonds. The molecule has 0 spiro atoms. The molecule has 0 aliphatic carbocycles. The van der Waals surface area contributed by atoms with Gasteiger partial charge in [0, 0.05) is 16.7 Å². The zero-order chi connectivity index (χ0) is 12.3. The van der Waals surface area contributed by atoms with Crippen LogP contribution in [-0.4, -0.2) is 26.1 Å². The first-order valence-electron chi connectivity index (χ1n) is 3.89. The van der Waals surface area contributed by atoms with Crippen LogP contribution in [0.2, 0.25) is 0 Å². The van der Waals surface area contributed by atoms with E-state index in [2.05, 4.69) is 4.74 Å². The summed E-state index contributed by atoms with van der Waals surface area (Å²) in [4.78, 5) is 9.46. The third-order valence-electron chi connectivity index (χ3n) is 1.53. The molecule has 8 heteroatoms. The topological polar surface area (TPSA) is 80.7 Å². The zero-order valence-electron chi connectivity index (χ0n) is 7.68. The normalized spacial score (nSPS) is 11.1. The molecule has 0 aliphatic heterocycles. The molecule has 1 rings (SSSR count). The molecule has 0 aliphatic rings. The molecular weight excluding hydrogens is 263 g/mol. The van der Waals surface area contributed by atoms with E-state index >= 15 is 0 Å². The maximum absolute atomic E-state index is 13.2. The third kappa shape index (κ3) is 3.35. The summed E-state index contributed by atoms with van der Waals surface area (Å²) in [7, 11) is 0.785. The quantitative estimate of drug-likeness (QED) is 0.831. The van der Waals surface area contributed by atoms with Crippen LogP contribution in [0, 0.1) is 5.82 Å². The smallest absolute Gasteiger partial charge is 0.341 e. The second kappa shape index (κ2) is 4.67. The molecule has 0 fully saturated rings. The number of carboxylic acids is 1. The van der Waals surface area contributed by atoms with Gasteiger partial charge in [-0.05, 0) is 12.1 Å². The van der Waals surface area contributed by atoms with Crippen molar-refractivity contribution in [1.82, 2.24) is 0 Å². The Morgan fingerprint density at radius 1 is 1.50 bits per heavy atom. The van der Waals surface area contributed by atoms with Crippen molar-refractivity contribution >= 4 is 25.7 Å². The fourth-order valence-corrected chi connectivity index (χ4v) is 1.81. The number of hydrogen-bond donors (Lipinski definition) is 1. The Kier molecular flexibility index (Phi) is 3.71. The maximum atomic E-state index is 13.2. The van der Waals surface area contributed by atoms with Gasteiger partial charge in [0.05, 0.1) is 0 Å². The van der Waals surface area contributed by atoms with Crippen molar-refractivity contribution in [2.24, 2.45) is 0 Å². The lowest BCUT2D eigenvalue weighted by Crippen LogP contribution is -2.09. The number of ether oxygens (including phenoxy) is 1. The first-order valence-corrected chi connectivity index (χ1v) is 6.20. The number of hydrogen-bond acceptors (Lipinski definition) is 4. The largest absolute Gasteiger partial charge is 0.482 e. The van der Waals surface area contributed by atoms with Crippen molar-refractivity contribution in [3.63, 3.8) is 0 Å². The predicted octanol–water partition coefficient (Wildman–Crippen LogP) is 1.22. The lowest BCUT2D eigenvalue weighted by Gasteiger charge is -2.04. The van der Waals surface area contributed by atoms with Crippen LogP contribution in [0.1, 0.15) is 0 Å². The first kappa shape index (κ1) is 12.7. The molecule has 0 unspecified atom stereocenters. The van der Waals surface area contributed by atoms with E-state index in [4.69, 9.17) is 15.8 Å². The highest BCUT2D eigenvalue weighted by Gasteiger charge is 2.16. The molecular formula is C8H6ClFO5S. The van der Waals surface area contributed by atoms with E-state index in [0.717, 1.165) is 18.2 Å². The molecule has 1 N–H and O–H groups in total. The highest BCUT2D eigenvalue weighted by Crippen LogP contribution is 2.23. The molecule has 0 aromatic heterocycles. The molecule has 88 valence electrons. The van der Waals surface area contributed by atoms with Crippen LogP contribution >= 0.6 is 10.7 Å². The van der Waals surface area contributed by atoms with Crippen molar-refractivity contribution in [3.05, 3.63) is 24.0 Å². The number of halogens is 2. The second-order valence-corrected chi connectivity index (χ2v) is 5.25. The van der Waals surface area contributed by atoms with E-state index in [1.165, 1.54) is 0 Å². The molecule has 0 saturated heterocycles. The van der Waals surface area contributed by atoms with Crippen molar-refractivity contribution in [2.75, 3.05) is 6.61 Å². The SMILES string of the molecule is O=C(O)COc1ccc(S(=O)(=O)Cl)c(F)c1. The Balaban J connectivity index is 2.96. The molecule has 0 heterocycles. The van der Waals surface area contributed by atoms with Gasteiger partial charge in [0.2, 0.25) is 0 Å². The maximum Gasteiger partial charge on any atom is 0.341 e. The van der Waals surface area contributed by atoms with E-state index in [0.29, 0.717) is 0 Å². The Bertz CT molecular complexity index is 513. The summed E-state index contributed by atoms with van der Waals surface area (Å²) >= 11 is 0. The third-order valence-corrected chi connectivity index (χ3v) is 2.88. The van der Waals surface area contributed by atoms with Crippen molar-refractivity contribution in [1.29, 1.82) is 0 Å². The van der Waals surface area contributed by atoms with Gasteiger partial charge in [0.15, 0.2) is 6.61 Å². The van der Waals surface area contributed by atoms with Crippen LogP contribution in [0.4, 0.5) is 4.39 Å². The summed E-state index contributed by atoms with van der Waals surface area (Å²) in [6, 6.07) is 2.76. The zero-order valence-corrected chi connectivity index (χ0v) is 9.26. The van der Waals surface area contributed by atoms with Crippen LogP contribution in [0.3, 0.4) is 0 Å². The standard InChI is InChI=1S/C8H6ClFO5S/c9-16(13,14)7-2-1-5(3-6(7)10)15-4-8(11)12/h1-3H,4H2,(H,11,12). The van der Waals surface area contributed by atoms with Gasteiger partial charge in [-0.15, -0.1) is 0 Å². The number of carboxylic acid groups (broad SMARTS) is 1. The van der Waals surface area contributed by atoms with Gasteiger partial charge in [0.1, 0.15) is 16.5 Å². The van der Waals surface area contributed by atoms with Gasteiger partial charge in [-0.25, -0.2) is 17.6 Å². The Morgan fingerprint density at radius 3 is 2.56 bits per heavy atom. The van der Waals surface area contributed by atoms with Crippen LogP contribution < -0.4 is 4.74 Å². The van der Waals surface area contributed by atoms with E-state index in [1.807, 2.05) is 0 Å². The second-order valence-electron chi connectivity index (χ2n) is 2.71. The number of carbonyl (C=O) groups is 1. The number of rotatable bonds is 4. The summed E-state index contributed by atoms with van der Waals surface area (Å²) in [5.41, 5.74) is 0. The Morgan fingerprint density at radius 2 is 2.12 bits per heavy atom. The lowest BCUT2D eigenvalue weighted by molar-refractivity contribution is -0.139. The minimum absolute atomic E-state index is 0.0935. The summed E-state index contributed by atoms with van der Waals surface area (Å²) in [6.45, 7) is -0.646. The molecule has 16 heavy (non-hydrogen) atoms. The van der Waals surface area contributed by atoms with Crippen LogP contribution in [0.25, 0.3) is 0 Å². The monoisotopic (exact) mass is 268 g/mol. The molecule has 1 aromatic carbocycles. The van der Waals surface area contributed by atoms with Gasteiger partial charge in [-0.3, -0.25) is 0 Å². The average molecular weight is 269 g/mol. The molecule has 0 radical (unpaired) electrons. The number of benzene rings is 1. The molecule has 5 nitrogen and oxygen atoms in total. The van der Waals surface area contributed by atoms with Gasteiger partial charge in [0.25, 0.3) is 9.05 Å². The minimum atomic E-state index is -4.16. The lowest BCUT2D eigenvalue weighted by atomic mass is 10.3. The molecule has 0 atom stereocenters. The molecule has 0 bridgehead atoms. The summed E-state index contributed by atoms with van der Waals surface area (Å²) in [5.74, 6) is -2.42. The fourth-order valence-electron chi connectivity index (χ4n) is 0.914. The van der Waals surface area contributed by atoms with Crippen LogP contribution in [0.15, 0.2) is 23.1 Å². The summed E-state index contributed by atoms with van der Waals surface area (Å²) in [5, 5.41) is 8.29. The Labute approximate surface area is 94.8 Å². The van der Waals surface area contributed by atoms with E-state index < -0.39 is 32.3 Å². The number of aliphatic carboxylic acids is 1. The summed E-state index contributed by atoms with van der Waals surface area (Å²) in [6.07, 6.45) is 0. The van der Waals surface area contributed by atoms with Gasteiger partial charge >= 0.3 is 5.97 Å². The molecule has 0 saturated carbocycles. The minimum Gasteiger partial charge on any atom is -0.482 e. The van der Waals surface area contributed by atoms with Crippen LogP contribution in [-0.2, 0) is 13.8 Å². The van der Waals surface area contributed by atoms with Crippen LogP contribution in [0.5, 0.6) is 5.75 Å². The van der Waals surface area contributed by atoms with Crippen molar-refractivity contribution in [2.45, 2.75) is 4.90 Å². The van der Waals surface area contributed by atoms with Gasteiger partial charge in [-0.1, -0.05) is 0 Å². The summed E-state index contributed by atoms with van der Waals surface area (Å²) < 4.78 is 39.5.